The molecule has 0 aromatic carbocycles. The van der Waals surface area contributed by atoms with Crippen molar-refractivity contribution in [2.45, 2.75) is 31.2 Å². The zero-order chi connectivity index (χ0) is 15.8. The minimum absolute atomic E-state index is 0.141. The van der Waals surface area contributed by atoms with E-state index in [4.69, 9.17) is 5.73 Å². The summed E-state index contributed by atoms with van der Waals surface area (Å²) in [5, 5.41) is 3.19. The molecule has 2 aromatic rings. The summed E-state index contributed by atoms with van der Waals surface area (Å²) in [5.41, 5.74) is 6.61. The minimum atomic E-state index is -0.603. The molecule has 2 aliphatic rings. The normalized spacial score (nSPS) is 20.7. The number of nitrogens with two attached hydrogens (primary N) is 1. The van der Waals surface area contributed by atoms with E-state index in [9.17, 15) is 4.39 Å². The van der Waals surface area contributed by atoms with Crippen LogP contribution in [0.25, 0.3) is 0 Å². The van der Waals surface area contributed by atoms with Crippen molar-refractivity contribution < 1.29 is 4.39 Å². The molecule has 1 unspecified atom stereocenters. The van der Waals surface area contributed by atoms with E-state index in [0.29, 0.717) is 11.9 Å². The average molecular weight is 315 g/mol. The Morgan fingerprint density at radius 2 is 2.09 bits per heavy atom. The molecule has 0 radical (unpaired) electrons. The van der Waals surface area contributed by atoms with Crippen molar-refractivity contribution in [3.63, 3.8) is 0 Å². The van der Waals surface area contributed by atoms with Gasteiger partial charge in [-0.3, -0.25) is 0 Å². The number of rotatable bonds is 4. The van der Waals surface area contributed by atoms with Crippen molar-refractivity contribution in [1.29, 1.82) is 0 Å². The van der Waals surface area contributed by atoms with Crippen LogP contribution in [0.15, 0.2) is 18.5 Å². The van der Waals surface area contributed by atoms with Gasteiger partial charge in [0.2, 0.25) is 11.9 Å². The predicted octanol–water partition coefficient (Wildman–Crippen LogP) is 1.56. The van der Waals surface area contributed by atoms with Crippen LogP contribution in [0.4, 0.5) is 22.1 Å². The molecular weight excluding hydrogens is 297 g/mol. The molecule has 7 nitrogen and oxygen atoms in total. The molecule has 0 spiro atoms. The first kappa shape index (κ1) is 14.1. The highest BCUT2D eigenvalue weighted by molar-refractivity contribution is 5.40. The lowest BCUT2D eigenvalue weighted by molar-refractivity contribution is 0.619. The van der Waals surface area contributed by atoms with E-state index in [1.54, 1.807) is 0 Å². The molecule has 1 saturated heterocycles. The second-order valence-corrected chi connectivity index (χ2v) is 6.06. The molecule has 1 aliphatic heterocycles. The van der Waals surface area contributed by atoms with E-state index < -0.39 is 5.82 Å². The number of nitrogens with one attached hydrogen (secondary N) is 1. The Labute approximate surface area is 133 Å². The fraction of sp³-hybridized carbons (Fsp3) is 0.467. The molecule has 3 heterocycles. The molecule has 1 atom stereocenters. The smallest absolute Gasteiger partial charge is 0.225 e. The van der Waals surface area contributed by atoms with E-state index >= 15 is 0 Å². The standard InChI is InChI=1S/C15H18FN7/c16-11-7-19-14(22-13(11)17)20-10-4-6-23(8-10)15-18-5-3-12(21-15)9-1-2-9/h3,5,7,9-10H,1-2,4,6,8H2,(H3,17,19,20,22). The Hall–Kier alpha value is -2.51. The molecular formula is C15H18FN7. The molecule has 2 aromatic heterocycles. The second kappa shape index (κ2) is 5.60. The van der Waals surface area contributed by atoms with Gasteiger partial charge in [0, 0.05) is 36.9 Å². The Morgan fingerprint density at radius 1 is 1.22 bits per heavy atom. The van der Waals surface area contributed by atoms with Crippen LogP contribution in [0.5, 0.6) is 0 Å². The van der Waals surface area contributed by atoms with Gasteiger partial charge >= 0.3 is 0 Å². The number of nitrogens with zero attached hydrogens (tertiary/aromatic N) is 5. The molecule has 3 N–H and O–H groups in total. The van der Waals surface area contributed by atoms with Crippen molar-refractivity contribution >= 4 is 17.7 Å². The first-order valence-corrected chi connectivity index (χ1v) is 7.81. The zero-order valence-electron chi connectivity index (χ0n) is 12.6. The molecule has 23 heavy (non-hydrogen) atoms. The minimum Gasteiger partial charge on any atom is -0.381 e. The Morgan fingerprint density at radius 3 is 2.87 bits per heavy atom. The maximum Gasteiger partial charge on any atom is 0.225 e. The van der Waals surface area contributed by atoms with Crippen LogP contribution < -0.4 is 16.0 Å². The lowest BCUT2D eigenvalue weighted by Gasteiger charge is -2.17. The number of halogens is 1. The van der Waals surface area contributed by atoms with Crippen molar-refractivity contribution in [3.8, 4) is 0 Å². The third kappa shape index (κ3) is 3.01. The van der Waals surface area contributed by atoms with Crippen LogP contribution in [0.2, 0.25) is 0 Å². The van der Waals surface area contributed by atoms with Crippen LogP contribution in [-0.2, 0) is 0 Å². The van der Waals surface area contributed by atoms with Gasteiger partial charge in [-0.25, -0.2) is 19.3 Å². The number of hydrogen-bond acceptors (Lipinski definition) is 7. The van der Waals surface area contributed by atoms with Crippen LogP contribution >= 0.6 is 0 Å². The van der Waals surface area contributed by atoms with Crippen molar-refractivity contribution in [2.24, 2.45) is 0 Å². The monoisotopic (exact) mass is 315 g/mol. The van der Waals surface area contributed by atoms with Gasteiger partial charge < -0.3 is 16.0 Å². The van der Waals surface area contributed by atoms with Gasteiger partial charge in [-0.1, -0.05) is 0 Å². The van der Waals surface area contributed by atoms with Gasteiger partial charge in [-0.15, -0.1) is 0 Å². The summed E-state index contributed by atoms with van der Waals surface area (Å²) < 4.78 is 13.1. The Kier molecular flexibility index (Phi) is 3.44. The predicted molar refractivity (Wildman–Crippen MR) is 84.7 cm³/mol. The van der Waals surface area contributed by atoms with E-state index in [2.05, 4.69) is 30.2 Å². The maximum absolute atomic E-state index is 13.1. The summed E-state index contributed by atoms with van der Waals surface area (Å²) in [5.74, 6) is 0.997. The van der Waals surface area contributed by atoms with Crippen LogP contribution in [0.1, 0.15) is 30.9 Å². The Bertz CT molecular complexity index is 719. The average Bonchev–Trinajstić information content (AvgIpc) is 3.31. The van der Waals surface area contributed by atoms with Crippen LogP contribution in [0.3, 0.4) is 0 Å². The van der Waals surface area contributed by atoms with Gasteiger partial charge in [0.1, 0.15) is 0 Å². The SMILES string of the molecule is Nc1nc(NC2CCN(c3nccc(C4CC4)n3)C2)ncc1F. The molecule has 0 bridgehead atoms. The van der Waals surface area contributed by atoms with E-state index in [1.165, 1.54) is 12.8 Å². The third-order valence-electron chi connectivity index (χ3n) is 4.24. The zero-order valence-corrected chi connectivity index (χ0v) is 12.6. The highest BCUT2D eigenvalue weighted by Crippen LogP contribution is 2.39. The van der Waals surface area contributed by atoms with Crippen molar-refractivity contribution in [3.05, 3.63) is 30.0 Å². The maximum atomic E-state index is 13.1. The highest BCUT2D eigenvalue weighted by atomic mass is 19.1. The van der Waals surface area contributed by atoms with Gasteiger partial charge in [0.15, 0.2) is 11.6 Å². The summed E-state index contributed by atoms with van der Waals surface area (Å²) in [6.45, 7) is 1.62. The lowest BCUT2D eigenvalue weighted by atomic mass is 10.3. The quantitative estimate of drug-likeness (QED) is 0.884. The first-order valence-electron chi connectivity index (χ1n) is 7.81. The Balaban J connectivity index is 1.42. The molecule has 120 valence electrons. The third-order valence-corrected chi connectivity index (χ3v) is 4.24. The second-order valence-electron chi connectivity index (χ2n) is 6.06. The summed E-state index contributed by atoms with van der Waals surface area (Å²) in [4.78, 5) is 19.0. The fourth-order valence-electron chi connectivity index (χ4n) is 2.81. The fourth-order valence-corrected chi connectivity index (χ4v) is 2.81. The van der Waals surface area contributed by atoms with E-state index in [0.717, 1.165) is 37.3 Å². The highest BCUT2D eigenvalue weighted by Gasteiger charge is 2.28. The molecule has 2 fully saturated rings. The van der Waals surface area contributed by atoms with Crippen molar-refractivity contribution in [2.75, 3.05) is 29.0 Å². The summed E-state index contributed by atoms with van der Waals surface area (Å²) >= 11 is 0. The lowest BCUT2D eigenvalue weighted by Crippen LogP contribution is -2.28. The van der Waals surface area contributed by atoms with Gasteiger partial charge in [-0.05, 0) is 25.3 Å². The van der Waals surface area contributed by atoms with Crippen molar-refractivity contribution in [1.82, 2.24) is 19.9 Å². The number of hydrogen-bond donors (Lipinski definition) is 2. The van der Waals surface area contributed by atoms with E-state index in [-0.39, 0.29) is 11.9 Å². The summed E-state index contributed by atoms with van der Waals surface area (Å²) in [6, 6.07) is 2.16. The van der Waals surface area contributed by atoms with Gasteiger partial charge in [0.25, 0.3) is 0 Å². The number of nitrogen functional groups attached to an aromatic ring is 1. The summed E-state index contributed by atoms with van der Waals surface area (Å²) in [6.07, 6.45) is 6.28. The van der Waals surface area contributed by atoms with Gasteiger partial charge in [-0.2, -0.15) is 4.98 Å². The van der Waals surface area contributed by atoms with Gasteiger partial charge in [0.05, 0.1) is 6.20 Å². The molecule has 0 amide bonds. The van der Waals surface area contributed by atoms with Crippen LogP contribution in [-0.4, -0.2) is 39.1 Å². The molecule has 1 saturated carbocycles. The topological polar surface area (TPSA) is 92.8 Å². The molecule has 8 heteroatoms. The first-order chi connectivity index (χ1) is 11.2. The molecule has 4 rings (SSSR count). The number of anilines is 3. The largest absolute Gasteiger partial charge is 0.381 e. The van der Waals surface area contributed by atoms with E-state index in [1.807, 2.05) is 12.3 Å². The molecule has 1 aliphatic carbocycles. The summed E-state index contributed by atoms with van der Waals surface area (Å²) in [7, 11) is 0. The van der Waals surface area contributed by atoms with Crippen LogP contribution in [0, 0.1) is 5.82 Å². The number of aromatic nitrogens is 4.